The number of hydrogen-bond acceptors (Lipinski definition) is 4. The molecule has 4 bridgehead atoms. The Morgan fingerprint density at radius 3 is 2.41 bits per heavy atom. The van der Waals surface area contributed by atoms with Crippen molar-refractivity contribution in [1.82, 2.24) is 10.3 Å². The fourth-order valence-electron chi connectivity index (χ4n) is 7.22. The molecule has 32 heavy (non-hydrogen) atoms. The van der Waals surface area contributed by atoms with E-state index in [0.29, 0.717) is 30.6 Å². The Labute approximate surface area is 191 Å². The zero-order valence-electron chi connectivity index (χ0n) is 19.1. The van der Waals surface area contributed by atoms with Crippen molar-refractivity contribution in [3.05, 3.63) is 18.3 Å². The lowest BCUT2D eigenvalue weighted by molar-refractivity contribution is -0.146. The van der Waals surface area contributed by atoms with Gasteiger partial charge in [-0.15, -0.1) is 0 Å². The Bertz CT molecular complexity index is 798. The van der Waals surface area contributed by atoms with Gasteiger partial charge < -0.3 is 15.4 Å². The van der Waals surface area contributed by atoms with Crippen LogP contribution in [-0.4, -0.2) is 29.9 Å². The Morgan fingerprint density at radius 2 is 1.72 bits per heavy atom. The fourth-order valence-corrected chi connectivity index (χ4v) is 7.22. The van der Waals surface area contributed by atoms with Crippen molar-refractivity contribution in [2.24, 2.45) is 29.1 Å². The van der Waals surface area contributed by atoms with E-state index in [1.165, 1.54) is 51.4 Å². The molecule has 0 aliphatic heterocycles. The lowest BCUT2D eigenvalue weighted by atomic mass is 9.49. The lowest BCUT2D eigenvalue weighted by Crippen LogP contribution is -2.53. The number of carbonyl (C=O) groups is 2. The van der Waals surface area contributed by atoms with Crippen LogP contribution in [0.4, 0.5) is 5.82 Å². The molecule has 1 aromatic heterocycles. The second-order valence-electron chi connectivity index (χ2n) is 10.9. The minimum atomic E-state index is -0.160. The van der Waals surface area contributed by atoms with Crippen molar-refractivity contribution in [2.75, 3.05) is 18.5 Å². The molecule has 0 unspecified atom stereocenters. The highest BCUT2D eigenvalue weighted by Gasteiger charge is 2.54. The molecule has 0 aromatic carbocycles. The topological polar surface area (TPSA) is 80.3 Å². The van der Waals surface area contributed by atoms with E-state index < -0.39 is 0 Å². The van der Waals surface area contributed by atoms with Crippen LogP contribution in [0.3, 0.4) is 0 Å². The van der Waals surface area contributed by atoms with Gasteiger partial charge in [-0.3, -0.25) is 9.59 Å². The standard InChI is InChI=1S/C26H37N3O3/c30-23(29-24-22(7-4-9-27-24)32-17-18-5-2-1-3-6-18)8-10-28-25(31)26-14-19-11-20(15-26)13-21(12-19)16-26/h4,7,9,18-21H,1-3,5-6,8,10-17H2,(H,28,31)(H,27,29,30). The van der Waals surface area contributed by atoms with Gasteiger partial charge in [-0.25, -0.2) is 4.98 Å². The SMILES string of the molecule is O=C(CCNC(=O)C12CC3CC(CC(C3)C1)C2)Nc1ncccc1OCC1CCCCC1. The number of pyridine rings is 1. The molecule has 6 rings (SSSR count). The monoisotopic (exact) mass is 439 g/mol. The van der Waals surface area contributed by atoms with Gasteiger partial charge in [-0.05, 0) is 87.2 Å². The Morgan fingerprint density at radius 1 is 1.03 bits per heavy atom. The molecule has 5 saturated carbocycles. The molecule has 174 valence electrons. The Hall–Kier alpha value is -2.11. The number of ether oxygens (including phenoxy) is 1. The molecule has 1 heterocycles. The van der Waals surface area contributed by atoms with Gasteiger partial charge >= 0.3 is 0 Å². The fraction of sp³-hybridized carbons (Fsp3) is 0.731. The van der Waals surface area contributed by atoms with E-state index >= 15 is 0 Å². The molecular formula is C26H37N3O3. The molecule has 0 spiro atoms. The number of carbonyl (C=O) groups excluding carboxylic acids is 2. The third kappa shape index (κ3) is 4.79. The highest BCUT2D eigenvalue weighted by atomic mass is 16.5. The van der Waals surface area contributed by atoms with Gasteiger partial charge in [0.25, 0.3) is 0 Å². The Balaban J connectivity index is 1.09. The summed E-state index contributed by atoms with van der Waals surface area (Å²) in [6.45, 7) is 1.05. The number of hydrogen-bond donors (Lipinski definition) is 2. The molecule has 5 aliphatic carbocycles. The summed E-state index contributed by atoms with van der Waals surface area (Å²) in [5.74, 6) is 3.96. The highest BCUT2D eigenvalue weighted by Crippen LogP contribution is 2.60. The summed E-state index contributed by atoms with van der Waals surface area (Å²) < 4.78 is 6.01. The van der Waals surface area contributed by atoms with Crippen LogP contribution < -0.4 is 15.4 Å². The largest absolute Gasteiger partial charge is 0.489 e. The number of nitrogens with zero attached hydrogens (tertiary/aromatic N) is 1. The third-order valence-electron chi connectivity index (χ3n) is 8.39. The van der Waals surface area contributed by atoms with E-state index in [1.807, 2.05) is 12.1 Å². The second kappa shape index (κ2) is 9.40. The van der Waals surface area contributed by atoms with Crippen LogP contribution in [-0.2, 0) is 9.59 Å². The average molecular weight is 440 g/mol. The maximum Gasteiger partial charge on any atom is 0.227 e. The van der Waals surface area contributed by atoms with Crippen molar-refractivity contribution >= 4 is 17.6 Å². The Kier molecular flexibility index (Phi) is 6.38. The molecular weight excluding hydrogens is 402 g/mol. The van der Waals surface area contributed by atoms with Crippen molar-refractivity contribution in [2.45, 2.75) is 77.0 Å². The zero-order valence-corrected chi connectivity index (χ0v) is 19.1. The minimum absolute atomic E-state index is 0.142. The van der Waals surface area contributed by atoms with Crippen LogP contribution >= 0.6 is 0 Å². The van der Waals surface area contributed by atoms with Crippen LogP contribution in [0.15, 0.2) is 18.3 Å². The first kappa shape index (κ1) is 21.7. The van der Waals surface area contributed by atoms with Crippen molar-refractivity contribution in [3.63, 3.8) is 0 Å². The number of rotatable bonds is 8. The minimum Gasteiger partial charge on any atom is -0.489 e. The van der Waals surface area contributed by atoms with Crippen LogP contribution in [0.25, 0.3) is 0 Å². The number of amides is 2. The number of nitrogens with one attached hydrogen (secondary N) is 2. The summed E-state index contributed by atoms with van der Waals surface area (Å²) in [7, 11) is 0. The predicted molar refractivity (Wildman–Crippen MR) is 123 cm³/mol. The normalized spacial score (nSPS) is 31.3. The van der Waals surface area contributed by atoms with Crippen molar-refractivity contribution < 1.29 is 14.3 Å². The van der Waals surface area contributed by atoms with E-state index in [1.54, 1.807) is 6.20 Å². The van der Waals surface area contributed by atoms with Crippen LogP contribution in [0, 0.1) is 29.1 Å². The zero-order chi connectivity index (χ0) is 22.0. The molecule has 0 atom stereocenters. The van der Waals surface area contributed by atoms with E-state index in [2.05, 4.69) is 15.6 Å². The molecule has 5 fully saturated rings. The van der Waals surface area contributed by atoms with E-state index in [-0.39, 0.29) is 23.7 Å². The van der Waals surface area contributed by atoms with Crippen LogP contribution in [0.1, 0.15) is 77.0 Å². The summed E-state index contributed by atoms with van der Waals surface area (Å²) in [5.41, 5.74) is -0.160. The lowest BCUT2D eigenvalue weighted by Gasteiger charge is -2.55. The van der Waals surface area contributed by atoms with E-state index in [0.717, 1.165) is 37.0 Å². The predicted octanol–water partition coefficient (Wildman–Crippen LogP) is 4.70. The summed E-state index contributed by atoms with van der Waals surface area (Å²) in [5, 5.41) is 5.97. The van der Waals surface area contributed by atoms with Crippen molar-refractivity contribution in [3.8, 4) is 5.75 Å². The molecule has 1 aromatic rings. The van der Waals surface area contributed by atoms with Crippen LogP contribution in [0.5, 0.6) is 5.75 Å². The molecule has 2 N–H and O–H groups in total. The maximum absolute atomic E-state index is 13.1. The first-order valence-corrected chi connectivity index (χ1v) is 12.8. The van der Waals surface area contributed by atoms with Gasteiger partial charge in [0.05, 0.1) is 6.61 Å². The van der Waals surface area contributed by atoms with Gasteiger partial charge in [0, 0.05) is 24.6 Å². The third-order valence-corrected chi connectivity index (χ3v) is 8.39. The summed E-state index contributed by atoms with van der Waals surface area (Å²) in [6, 6.07) is 3.69. The first-order chi connectivity index (χ1) is 15.6. The number of aromatic nitrogens is 1. The van der Waals surface area contributed by atoms with Gasteiger partial charge in [-0.2, -0.15) is 0 Å². The maximum atomic E-state index is 13.1. The van der Waals surface area contributed by atoms with E-state index in [4.69, 9.17) is 4.74 Å². The highest BCUT2D eigenvalue weighted by molar-refractivity contribution is 5.91. The smallest absolute Gasteiger partial charge is 0.227 e. The average Bonchev–Trinajstić information content (AvgIpc) is 2.78. The van der Waals surface area contributed by atoms with Gasteiger partial charge in [0.1, 0.15) is 0 Å². The summed E-state index contributed by atoms with van der Waals surface area (Å²) in [4.78, 5) is 29.9. The quantitative estimate of drug-likeness (QED) is 0.615. The molecule has 6 nitrogen and oxygen atoms in total. The number of anilines is 1. The summed E-state index contributed by atoms with van der Waals surface area (Å²) in [6.07, 6.45) is 15.3. The van der Waals surface area contributed by atoms with Gasteiger partial charge in [0.15, 0.2) is 11.6 Å². The van der Waals surface area contributed by atoms with Gasteiger partial charge in [-0.1, -0.05) is 19.3 Å². The van der Waals surface area contributed by atoms with Crippen molar-refractivity contribution in [1.29, 1.82) is 0 Å². The van der Waals surface area contributed by atoms with E-state index in [9.17, 15) is 9.59 Å². The summed E-state index contributed by atoms with van der Waals surface area (Å²) >= 11 is 0. The molecule has 0 radical (unpaired) electrons. The molecule has 6 heteroatoms. The second-order valence-corrected chi connectivity index (χ2v) is 10.9. The molecule has 2 amide bonds. The van der Waals surface area contributed by atoms with Gasteiger partial charge in [0.2, 0.25) is 11.8 Å². The molecule has 0 saturated heterocycles. The van der Waals surface area contributed by atoms with Crippen LogP contribution in [0.2, 0.25) is 0 Å². The first-order valence-electron chi connectivity index (χ1n) is 12.8. The molecule has 5 aliphatic rings.